The molecular weight excluding hydrogens is 372 g/mol. The predicted octanol–water partition coefficient (Wildman–Crippen LogP) is 3.61. The number of alkyl halides is 2. The lowest BCUT2D eigenvalue weighted by molar-refractivity contribution is -0.117. The van der Waals surface area contributed by atoms with E-state index in [1.54, 1.807) is 18.2 Å². The van der Waals surface area contributed by atoms with Gasteiger partial charge in [-0.05, 0) is 42.5 Å². The highest BCUT2D eigenvalue weighted by Crippen LogP contribution is 2.51. The van der Waals surface area contributed by atoms with Gasteiger partial charge in [0.05, 0.1) is 5.56 Å². The van der Waals surface area contributed by atoms with Gasteiger partial charge in [-0.25, -0.2) is 0 Å². The van der Waals surface area contributed by atoms with Crippen molar-refractivity contribution in [3.05, 3.63) is 45.8 Å². The van der Waals surface area contributed by atoms with Gasteiger partial charge in [-0.3, -0.25) is 4.79 Å². The van der Waals surface area contributed by atoms with E-state index in [9.17, 15) is 18.8 Å². The zero-order valence-corrected chi connectivity index (χ0v) is 15.1. The van der Waals surface area contributed by atoms with E-state index in [2.05, 4.69) is 21.4 Å². The Bertz CT molecular complexity index is 922. The van der Waals surface area contributed by atoms with E-state index >= 15 is 0 Å². The van der Waals surface area contributed by atoms with Crippen LogP contribution in [0.3, 0.4) is 0 Å². The van der Waals surface area contributed by atoms with E-state index in [-0.39, 0.29) is 23.5 Å². The van der Waals surface area contributed by atoms with Crippen LogP contribution in [0.1, 0.15) is 33.9 Å². The molecule has 8 heteroatoms. The monoisotopic (exact) mass is 389 g/mol. The van der Waals surface area contributed by atoms with E-state index in [0.717, 1.165) is 23.4 Å². The second kappa shape index (κ2) is 7.25. The van der Waals surface area contributed by atoms with Crippen molar-refractivity contribution >= 4 is 22.2 Å². The van der Waals surface area contributed by atoms with Gasteiger partial charge in [0.15, 0.2) is 0 Å². The number of rotatable bonds is 5. The molecule has 5 nitrogen and oxygen atoms in total. The summed E-state index contributed by atoms with van der Waals surface area (Å²) in [5, 5.41) is 16.2. The summed E-state index contributed by atoms with van der Waals surface area (Å²) in [4.78, 5) is 13.7. The quantitative estimate of drug-likeness (QED) is 0.819. The average Bonchev–Trinajstić information content (AvgIpc) is 3.37. The molecule has 4 rings (SSSR count). The Hall–Kier alpha value is -2.50. The highest BCUT2D eigenvalue weighted by Gasteiger charge is 2.45. The number of carbonyl (C=O) groups excluding carboxylic acids is 1. The maximum absolute atomic E-state index is 12.7. The van der Waals surface area contributed by atoms with E-state index < -0.39 is 6.61 Å². The van der Waals surface area contributed by atoms with Crippen LogP contribution < -0.4 is 15.4 Å². The van der Waals surface area contributed by atoms with Gasteiger partial charge in [0, 0.05) is 17.3 Å². The number of hydrogen-bond donors (Lipinski definition) is 2. The Balaban J connectivity index is 1.49. The van der Waals surface area contributed by atoms with Crippen molar-refractivity contribution in [3.8, 4) is 11.8 Å². The topological polar surface area (TPSA) is 74.2 Å². The molecule has 1 aliphatic carbocycles. The number of amides is 1. The van der Waals surface area contributed by atoms with Gasteiger partial charge >= 0.3 is 6.61 Å². The molecule has 2 atom stereocenters. The van der Waals surface area contributed by atoms with Crippen molar-refractivity contribution in [2.24, 2.45) is 5.92 Å². The minimum Gasteiger partial charge on any atom is -0.435 e. The van der Waals surface area contributed by atoms with Crippen LogP contribution >= 0.6 is 11.3 Å². The van der Waals surface area contributed by atoms with Crippen molar-refractivity contribution in [1.29, 1.82) is 5.26 Å². The lowest BCUT2D eigenvalue weighted by atomic mass is 10.0. The van der Waals surface area contributed by atoms with E-state index in [1.807, 2.05) is 0 Å². The van der Waals surface area contributed by atoms with Gasteiger partial charge in [-0.2, -0.15) is 14.0 Å². The number of nitrogens with zero attached hydrogens (tertiary/aromatic N) is 1. The number of thiophene rings is 1. The van der Waals surface area contributed by atoms with Crippen LogP contribution in [0.2, 0.25) is 0 Å². The Labute approximate surface area is 159 Å². The molecule has 2 aromatic rings. The summed E-state index contributed by atoms with van der Waals surface area (Å²) in [6.07, 6.45) is 1.35. The third kappa shape index (κ3) is 3.53. The Morgan fingerprint density at radius 1 is 1.41 bits per heavy atom. The molecule has 1 amide bonds. The number of halogens is 2. The van der Waals surface area contributed by atoms with Crippen LogP contribution in [0.4, 0.5) is 13.8 Å². The zero-order chi connectivity index (χ0) is 19.0. The van der Waals surface area contributed by atoms with Crippen LogP contribution in [-0.2, 0) is 17.8 Å². The third-order valence-corrected chi connectivity index (χ3v) is 6.09. The van der Waals surface area contributed by atoms with Gasteiger partial charge in [0.2, 0.25) is 5.91 Å². The molecule has 2 heterocycles. The highest BCUT2D eigenvalue weighted by molar-refractivity contribution is 7.16. The number of fused-ring (bicyclic) bond motifs is 1. The number of carbonyl (C=O) groups is 1. The van der Waals surface area contributed by atoms with Crippen molar-refractivity contribution in [3.63, 3.8) is 0 Å². The number of nitriles is 1. The first-order valence-electron chi connectivity index (χ1n) is 8.68. The first-order chi connectivity index (χ1) is 13.1. The number of benzene rings is 1. The molecule has 1 fully saturated rings. The van der Waals surface area contributed by atoms with E-state index in [1.165, 1.54) is 17.4 Å². The molecule has 1 aromatic heterocycles. The van der Waals surface area contributed by atoms with Crippen LogP contribution in [0, 0.1) is 17.2 Å². The van der Waals surface area contributed by atoms with E-state index in [4.69, 9.17) is 0 Å². The van der Waals surface area contributed by atoms with Crippen LogP contribution in [0.25, 0.3) is 0 Å². The number of para-hydroxylation sites is 1. The second-order valence-corrected chi connectivity index (χ2v) is 7.71. The Morgan fingerprint density at radius 3 is 3.00 bits per heavy atom. The first kappa shape index (κ1) is 17.9. The summed E-state index contributed by atoms with van der Waals surface area (Å²) in [6, 6.07) is 8.78. The predicted molar refractivity (Wildman–Crippen MR) is 97.0 cm³/mol. The van der Waals surface area contributed by atoms with Crippen LogP contribution in [0.5, 0.6) is 5.75 Å². The number of anilines is 1. The fourth-order valence-corrected chi connectivity index (χ4v) is 4.73. The summed E-state index contributed by atoms with van der Waals surface area (Å²) in [5.41, 5.74) is 2.18. The maximum atomic E-state index is 12.7. The van der Waals surface area contributed by atoms with Gasteiger partial charge in [-0.15, -0.1) is 11.3 Å². The molecular formula is C19H17F2N3O2S. The molecule has 27 heavy (non-hydrogen) atoms. The minimum absolute atomic E-state index is 0.114. The molecule has 140 valence electrons. The lowest BCUT2D eigenvalue weighted by Gasteiger charge is -2.11. The molecule has 2 aliphatic rings. The van der Waals surface area contributed by atoms with Gasteiger partial charge in [-0.1, -0.05) is 18.2 Å². The number of ether oxygens (including phenoxy) is 1. The van der Waals surface area contributed by atoms with Crippen LogP contribution in [0.15, 0.2) is 24.3 Å². The van der Waals surface area contributed by atoms with Crippen molar-refractivity contribution < 1.29 is 18.3 Å². The van der Waals surface area contributed by atoms with Gasteiger partial charge in [0.25, 0.3) is 0 Å². The molecule has 1 aromatic carbocycles. The van der Waals surface area contributed by atoms with Gasteiger partial charge < -0.3 is 15.4 Å². The largest absolute Gasteiger partial charge is 0.435 e. The average molecular weight is 389 g/mol. The molecule has 2 unspecified atom stereocenters. The highest BCUT2D eigenvalue weighted by atomic mass is 32.1. The van der Waals surface area contributed by atoms with Crippen molar-refractivity contribution in [1.82, 2.24) is 5.32 Å². The fraction of sp³-hybridized carbons (Fsp3) is 0.368. The summed E-state index contributed by atoms with van der Waals surface area (Å²) >= 11 is 1.43. The summed E-state index contributed by atoms with van der Waals surface area (Å²) < 4.78 is 29.7. The van der Waals surface area contributed by atoms with Crippen molar-refractivity contribution in [2.75, 3.05) is 11.9 Å². The molecule has 0 bridgehead atoms. The molecule has 2 N–H and O–H groups in total. The first-order valence-corrected chi connectivity index (χ1v) is 9.50. The summed E-state index contributed by atoms with van der Waals surface area (Å²) in [5.74, 6) is -0.531. The smallest absolute Gasteiger partial charge is 0.387 e. The fourth-order valence-electron chi connectivity index (χ4n) is 3.56. The SMILES string of the molecule is N#Cc1c(NC(=O)C2CC2c2ccccc2OC(F)F)sc2c1CCNC2. The Kier molecular flexibility index (Phi) is 4.81. The summed E-state index contributed by atoms with van der Waals surface area (Å²) in [6.45, 7) is -1.38. The zero-order valence-electron chi connectivity index (χ0n) is 14.3. The number of hydrogen-bond acceptors (Lipinski definition) is 5. The minimum atomic E-state index is -2.90. The third-order valence-electron chi connectivity index (χ3n) is 4.94. The normalized spacial score (nSPS) is 20.7. The summed E-state index contributed by atoms with van der Waals surface area (Å²) in [7, 11) is 0. The molecule has 0 saturated heterocycles. The molecule has 0 spiro atoms. The lowest BCUT2D eigenvalue weighted by Crippen LogP contribution is -2.22. The van der Waals surface area contributed by atoms with E-state index in [0.29, 0.717) is 29.1 Å². The molecule has 0 radical (unpaired) electrons. The molecule has 1 aliphatic heterocycles. The molecule has 1 saturated carbocycles. The van der Waals surface area contributed by atoms with Crippen molar-refractivity contribution in [2.45, 2.75) is 31.9 Å². The second-order valence-electron chi connectivity index (χ2n) is 6.60. The van der Waals surface area contributed by atoms with Crippen LogP contribution in [-0.4, -0.2) is 19.1 Å². The standard InChI is InChI=1S/C19H17F2N3O2S/c20-19(21)26-15-4-2-1-3-10(15)12-7-13(12)17(25)24-18-14(8-22)11-5-6-23-9-16(11)27-18/h1-4,12-13,19,23H,5-7,9H2,(H,24,25). The van der Waals surface area contributed by atoms with Gasteiger partial charge in [0.1, 0.15) is 16.8 Å². The number of nitrogens with one attached hydrogen (secondary N) is 2. The Morgan fingerprint density at radius 2 is 2.22 bits per heavy atom. The maximum Gasteiger partial charge on any atom is 0.387 e.